The summed E-state index contributed by atoms with van der Waals surface area (Å²) in [5, 5.41) is 2.40. The molecule has 1 aromatic heterocycles. The maximum absolute atomic E-state index is 5.92. The van der Waals surface area contributed by atoms with Crippen LogP contribution < -0.4 is 5.73 Å². The van der Waals surface area contributed by atoms with Crippen molar-refractivity contribution in [3.63, 3.8) is 0 Å². The van der Waals surface area contributed by atoms with Crippen molar-refractivity contribution < 1.29 is 0 Å². The first-order valence-corrected chi connectivity index (χ1v) is 6.20. The number of nitrogens with two attached hydrogens (primary N) is 1. The predicted octanol–water partition coefficient (Wildman–Crippen LogP) is 1.93. The largest absolute Gasteiger partial charge is 0.370 e. The van der Waals surface area contributed by atoms with Gasteiger partial charge in [0.05, 0.1) is 12.6 Å². The van der Waals surface area contributed by atoms with Crippen LogP contribution in [0, 0.1) is 0 Å². The molecule has 0 saturated heterocycles. The van der Waals surface area contributed by atoms with Crippen LogP contribution in [-0.2, 0) is 0 Å². The lowest BCUT2D eigenvalue weighted by molar-refractivity contribution is 0.365. The van der Waals surface area contributed by atoms with Crippen molar-refractivity contribution in [2.75, 3.05) is 13.1 Å². The first kappa shape index (κ1) is 11.0. The number of nitrogens with zero attached hydrogens (tertiary/aromatic N) is 3. The Bertz CT molecular complexity index is 600. The number of likely N-dealkylation sites (N-methyl/N-ethyl adjacent to an activating group) is 1. The molecule has 92 valence electrons. The van der Waals surface area contributed by atoms with Gasteiger partial charge in [-0.05, 0) is 12.3 Å². The van der Waals surface area contributed by atoms with Gasteiger partial charge in [0, 0.05) is 29.9 Å². The van der Waals surface area contributed by atoms with E-state index in [1.807, 2.05) is 18.5 Å². The summed E-state index contributed by atoms with van der Waals surface area (Å²) in [4.78, 5) is 10.8. The number of hydrogen-bond donors (Lipinski definition) is 1. The summed E-state index contributed by atoms with van der Waals surface area (Å²) in [6.45, 7) is 3.68. The quantitative estimate of drug-likeness (QED) is 0.872. The molecule has 0 fully saturated rings. The molecule has 0 saturated carbocycles. The SMILES string of the molecule is CCN1C(N)=NCC1c1cncc2ccccc12. The van der Waals surface area contributed by atoms with E-state index in [-0.39, 0.29) is 6.04 Å². The normalized spacial score (nSPS) is 19.3. The fourth-order valence-corrected chi connectivity index (χ4v) is 2.58. The third-order valence-electron chi connectivity index (χ3n) is 3.50. The Morgan fingerprint density at radius 1 is 1.33 bits per heavy atom. The Morgan fingerprint density at radius 3 is 3.00 bits per heavy atom. The zero-order valence-corrected chi connectivity index (χ0v) is 10.4. The molecule has 4 heteroatoms. The minimum Gasteiger partial charge on any atom is -0.370 e. The molecule has 0 bridgehead atoms. The first-order valence-electron chi connectivity index (χ1n) is 6.20. The minimum absolute atomic E-state index is 0.216. The maximum atomic E-state index is 5.92. The van der Waals surface area contributed by atoms with Crippen molar-refractivity contribution in [2.24, 2.45) is 10.7 Å². The van der Waals surface area contributed by atoms with Gasteiger partial charge in [-0.1, -0.05) is 24.3 Å². The maximum Gasteiger partial charge on any atom is 0.191 e. The zero-order chi connectivity index (χ0) is 12.5. The van der Waals surface area contributed by atoms with Gasteiger partial charge in [-0.2, -0.15) is 0 Å². The molecular formula is C14H16N4. The van der Waals surface area contributed by atoms with Gasteiger partial charge in [-0.25, -0.2) is 0 Å². The number of aromatic nitrogens is 1. The summed E-state index contributed by atoms with van der Waals surface area (Å²) in [7, 11) is 0. The lowest BCUT2D eigenvalue weighted by atomic mass is 10.0. The summed E-state index contributed by atoms with van der Waals surface area (Å²) in [5.41, 5.74) is 7.12. The van der Waals surface area contributed by atoms with E-state index < -0.39 is 0 Å². The van der Waals surface area contributed by atoms with Crippen molar-refractivity contribution in [3.8, 4) is 0 Å². The lowest BCUT2D eigenvalue weighted by Crippen LogP contribution is -2.35. The molecule has 0 spiro atoms. The van der Waals surface area contributed by atoms with E-state index in [9.17, 15) is 0 Å². The van der Waals surface area contributed by atoms with Gasteiger partial charge in [0.15, 0.2) is 5.96 Å². The number of fused-ring (bicyclic) bond motifs is 1. The molecule has 1 atom stereocenters. The van der Waals surface area contributed by atoms with Crippen LogP contribution in [0.3, 0.4) is 0 Å². The number of hydrogen-bond acceptors (Lipinski definition) is 4. The highest BCUT2D eigenvalue weighted by Crippen LogP contribution is 2.30. The van der Waals surface area contributed by atoms with Gasteiger partial charge >= 0.3 is 0 Å². The zero-order valence-electron chi connectivity index (χ0n) is 10.4. The van der Waals surface area contributed by atoms with E-state index >= 15 is 0 Å². The Kier molecular flexibility index (Phi) is 2.63. The smallest absolute Gasteiger partial charge is 0.191 e. The second-order valence-electron chi connectivity index (χ2n) is 4.45. The molecule has 1 aliphatic rings. The molecule has 4 nitrogen and oxygen atoms in total. The van der Waals surface area contributed by atoms with E-state index in [4.69, 9.17) is 5.73 Å². The number of aliphatic imine (C=N–C) groups is 1. The predicted molar refractivity (Wildman–Crippen MR) is 73.4 cm³/mol. The first-order chi connectivity index (χ1) is 8.81. The molecule has 1 aromatic carbocycles. The van der Waals surface area contributed by atoms with Crippen LogP contribution in [0.4, 0.5) is 0 Å². The molecule has 1 unspecified atom stereocenters. The molecule has 2 aromatic rings. The summed E-state index contributed by atoms with van der Waals surface area (Å²) in [6.07, 6.45) is 3.83. The molecular weight excluding hydrogens is 224 g/mol. The summed E-state index contributed by atoms with van der Waals surface area (Å²) < 4.78 is 0. The molecule has 1 aliphatic heterocycles. The number of pyridine rings is 1. The van der Waals surface area contributed by atoms with E-state index in [1.165, 1.54) is 10.9 Å². The summed E-state index contributed by atoms with van der Waals surface area (Å²) in [6, 6.07) is 8.52. The Hall–Kier alpha value is -2.10. The Labute approximate surface area is 106 Å². The highest BCUT2D eigenvalue weighted by molar-refractivity contribution is 5.87. The molecule has 0 radical (unpaired) electrons. The van der Waals surface area contributed by atoms with Crippen LogP contribution in [0.1, 0.15) is 18.5 Å². The summed E-state index contributed by atoms with van der Waals surface area (Å²) >= 11 is 0. The monoisotopic (exact) mass is 240 g/mol. The third-order valence-corrected chi connectivity index (χ3v) is 3.50. The molecule has 0 amide bonds. The second-order valence-corrected chi connectivity index (χ2v) is 4.45. The van der Waals surface area contributed by atoms with Crippen molar-refractivity contribution in [1.82, 2.24) is 9.88 Å². The fourth-order valence-electron chi connectivity index (χ4n) is 2.58. The Morgan fingerprint density at radius 2 is 2.17 bits per heavy atom. The molecule has 2 heterocycles. The van der Waals surface area contributed by atoms with Gasteiger partial charge in [-0.15, -0.1) is 0 Å². The second kappa shape index (κ2) is 4.29. The van der Waals surface area contributed by atoms with Gasteiger partial charge in [0.1, 0.15) is 0 Å². The molecule has 2 N–H and O–H groups in total. The standard InChI is InChI=1S/C14H16N4/c1-2-18-13(9-17-14(18)15)12-8-16-7-10-5-3-4-6-11(10)12/h3-8,13H,2,9H2,1H3,(H2,15,17). The van der Waals surface area contributed by atoms with Crippen LogP contribution in [0.25, 0.3) is 10.8 Å². The van der Waals surface area contributed by atoms with Gasteiger partial charge in [-0.3, -0.25) is 9.98 Å². The fraction of sp³-hybridized carbons (Fsp3) is 0.286. The average Bonchev–Trinajstić information content (AvgIpc) is 2.79. The van der Waals surface area contributed by atoms with E-state index in [0.717, 1.165) is 18.5 Å². The van der Waals surface area contributed by atoms with Crippen molar-refractivity contribution in [3.05, 3.63) is 42.2 Å². The highest BCUT2D eigenvalue weighted by Gasteiger charge is 2.27. The van der Waals surface area contributed by atoms with E-state index in [0.29, 0.717) is 5.96 Å². The molecule has 18 heavy (non-hydrogen) atoms. The van der Waals surface area contributed by atoms with Gasteiger partial charge < -0.3 is 10.6 Å². The van der Waals surface area contributed by atoms with Crippen molar-refractivity contribution in [1.29, 1.82) is 0 Å². The van der Waals surface area contributed by atoms with Crippen molar-refractivity contribution >= 4 is 16.7 Å². The number of benzene rings is 1. The molecule has 3 rings (SSSR count). The lowest BCUT2D eigenvalue weighted by Gasteiger charge is -2.25. The van der Waals surface area contributed by atoms with Gasteiger partial charge in [0.2, 0.25) is 0 Å². The van der Waals surface area contributed by atoms with E-state index in [2.05, 4.69) is 40.0 Å². The molecule has 0 aliphatic carbocycles. The minimum atomic E-state index is 0.216. The number of rotatable bonds is 2. The van der Waals surface area contributed by atoms with Crippen LogP contribution >= 0.6 is 0 Å². The van der Waals surface area contributed by atoms with Crippen molar-refractivity contribution in [2.45, 2.75) is 13.0 Å². The third kappa shape index (κ3) is 1.61. The van der Waals surface area contributed by atoms with Crippen LogP contribution in [0.2, 0.25) is 0 Å². The Balaban J connectivity index is 2.10. The van der Waals surface area contributed by atoms with Gasteiger partial charge in [0.25, 0.3) is 0 Å². The summed E-state index contributed by atoms with van der Waals surface area (Å²) in [5.74, 6) is 0.635. The average molecular weight is 240 g/mol. The van der Waals surface area contributed by atoms with Crippen LogP contribution in [0.15, 0.2) is 41.7 Å². The van der Waals surface area contributed by atoms with Crippen LogP contribution in [-0.4, -0.2) is 28.9 Å². The van der Waals surface area contributed by atoms with E-state index in [1.54, 1.807) is 0 Å². The highest BCUT2D eigenvalue weighted by atomic mass is 15.3. The van der Waals surface area contributed by atoms with Crippen LogP contribution in [0.5, 0.6) is 0 Å². The number of guanidine groups is 1. The topological polar surface area (TPSA) is 54.5 Å².